The summed E-state index contributed by atoms with van der Waals surface area (Å²) in [7, 11) is 0. The second kappa shape index (κ2) is 4.29. The number of nitriles is 1. The van der Waals surface area contributed by atoms with Crippen molar-refractivity contribution in [2.45, 2.75) is 6.92 Å². The predicted molar refractivity (Wildman–Crippen MR) is 58.0 cm³/mol. The molecule has 0 aromatic heterocycles. The van der Waals surface area contributed by atoms with Gasteiger partial charge in [-0.05, 0) is 18.1 Å². The first kappa shape index (κ1) is 10.1. The first-order chi connectivity index (χ1) is 6.66. The minimum atomic E-state index is 0.455. The second-order valence-electron chi connectivity index (χ2n) is 3.01. The Morgan fingerprint density at radius 3 is 2.36 bits per heavy atom. The fourth-order valence-electron chi connectivity index (χ4n) is 1.18. The molecule has 70 valence electrons. The average molecular weight is 184 g/mol. The van der Waals surface area contributed by atoms with Crippen LogP contribution in [-0.2, 0) is 0 Å². The highest BCUT2D eigenvalue weighted by molar-refractivity contribution is 5.81. The van der Waals surface area contributed by atoms with E-state index in [-0.39, 0.29) is 0 Å². The summed E-state index contributed by atoms with van der Waals surface area (Å²) >= 11 is 0. The lowest BCUT2D eigenvalue weighted by atomic mass is 9.99. The van der Waals surface area contributed by atoms with Crippen molar-refractivity contribution in [3.05, 3.63) is 53.7 Å². The van der Waals surface area contributed by atoms with Crippen molar-refractivity contribution in [3.63, 3.8) is 0 Å². The Hall–Kier alpha value is -2.01. The third kappa shape index (κ3) is 2.02. The molecule has 0 bridgehead atoms. The molecule has 0 saturated carbocycles. The van der Waals surface area contributed by atoms with Gasteiger partial charge < -0.3 is 5.73 Å². The highest BCUT2D eigenvalue weighted by atomic mass is 14.6. The van der Waals surface area contributed by atoms with Gasteiger partial charge in [0.15, 0.2) is 0 Å². The largest absolute Gasteiger partial charge is 0.401 e. The zero-order valence-corrected chi connectivity index (χ0v) is 8.12. The molecule has 0 amide bonds. The van der Waals surface area contributed by atoms with Crippen molar-refractivity contribution in [2.24, 2.45) is 5.73 Å². The van der Waals surface area contributed by atoms with Crippen LogP contribution in [0.2, 0.25) is 0 Å². The number of hydrogen-bond acceptors (Lipinski definition) is 2. The summed E-state index contributed by atoms with van der Waals surface area (Å²) in [5, 5.41) is 8.88. The monoisotopic (exact) mass is 184 g/mol. The van der Waals surface area contributed by atoms with E-state index in [0.29, 0.717) is 16.8 Å². The van der Waals surface area contributed by atoms with Crippen molar-refractivity contribution in [1.82, 2.24) is 0 Å². The van der Waals surface area contributed by atoms with E-state index in [2.05, 4.69) is 12.6 Å². The zero-order valence-electron chi connectivity index (χ0n) is 8.12. The van der Waals surface area contributed by atoms with Gasteiger partial charge in [0.05, 0.1) is 5.57 Å². The fraction of sp³-hybridized carbons (Fsp3) is 0.0833. The Bertz CT molecular complexity index is 404. The van der Waals surface area contributed by atoms with Gasteiger partial charge in [0.1, 0.15) is 6.07 Å². The molecule has 14 heavy (non-hydrogen) atoms. The summed E-state index contributed by atoms with van der Waals surface area (Å²) in [6.45, 7) is 5.56. The standard InChI is InChI=1S/C12H12N2/c1-9(12(8-13)10(2)14)11-6-4-3-5-7-11/h3-7H,1,14H2,2H3/b12-10-. The van der Waals surface area contributed by atoms with E-state index in [9.17, 15) is 0 Å². The Morgan fingerprint density at radius 1 is 1.36 bits per heavy atom. The van der Waals surface area contributed by atoms with Crippen LogP contribution in [0.5, 0.6) is 0 Å². The number of hydrogen-bond donors (Lipinski definition) is 1. The smallest absolute Gasteiger partial charge is 0.102 e. The maximum atomic E-state index is 8.88. The van der Waals surface area contributed by atoms with Crippen LogP contribution in [0.15, 0.2) is 48.2 Å². The van der Waals surface area contributed by atoms with Gasteiger partial charge in [-0.25, -0.2) is 0 Å². The lowest BCUT2D eigenvalue weighted by Crippen LogP contribution is -1.98. The maximum Gasteiger partial charge on any atom is 0.102 e. The highest BCUT2D eigenvalue weighted by Crippen LogP contribution is 2.21. The Labute approximate surface area is 84.0 Å². The summed E-state index contributed by atoms with van der Waals surface area (Å²) in [5.74, 6) is 0. The molecule has 0 radical (unpaired) electrons. The third-order valence-electron chi connectivity index (χ3n) is 1.93. The first-order valence-corrected chi connectivity index (χ1v) is 4.28. The quantitative estimate of drug-likeness (QED) is 0.567. The maximum absolute atomic E-state index is 8.88. The number of nitrogens with zero attached hydrogens (tertiary/aromatic N) is 1. The lowest BCUT2D eigenvalue weighted by Gasteiger charge is -2.05. The summed E-state index contributed by atoms with van der Waals surface area (Å²) in [4.78, 5) is 0. The molecular formula is C12H12N2. The summed E-state index contributed by atoms with van der Waals surface area (Å²) < 4.78 is 0. The molecule has 0 heterocycles. The summed E-state index contributed by atoms with van der Waals surface area (Å²) in [6.07, 6.45) is 0. The van der Waals surface area contributed by atoms with Gasteiger partial charge in [-0.1, -0.05) is 36.9 Å². The van der Waals surface area contributed by atoms with Crippen LogP contribution < -0.4 is 5.73 Å². The molecule has 0 unspecified atom stereocenters. The molecule has 2 heteroatoms. The third-order valence-corrected chi connectivity index (χ3v) is 1.93. The topological polar surface area (TPSA) is 49.8 Å². The predicted octanol–water partition coefficient (Wildman–Crippen LogP) is 2.46. The van der Waals surface area contributed by atoms with Gasteiger partial charge in [-0.2, -0.15) is 5.26 Å². The van der Waals surface area contributed by atoms with E-state index in [1.54, 1.807) is 6.92 Å². The molecule has 0 saturated heterocycles. The highest BCUT2D eigenvalue weighted by Gasteiger charge is 2.06. The Morgan fingerprint density at radius 2 is 1.93 bits per heavy atom. The molecule has 2 nitrogen and oxygen atoms in total. The second-order valence-corrected chi connectivity index (χ2v) is 3.01. The number of benzene rings is 1. The Balaban J connectivity index is 3.11. The minimum Gasteiger partial charge on any atom is -0.401 e. The molecule has 1 rings (SSSR count). The van der Waals surface area contributed by atoms with Gasteiger partial charge in [0.25, 0.3) is 0 Å². The molecule has 0 aliphatic heterocycles. The van der Waals surface area contributed by atoms with Gasteiger partial charge in [0, 0.05) is 5.70 Å². The molecule has 1 aromatic carbocycles. The minimum absolute atomic E-state index is 0.455. The lowest BCUT2D eigenvalue weighted by molar-refractivity contribution is 1.28. The van der Waals surface area contributed by atoms with Crippen molar-refractivity contribution in [3.8, 4) is 6.07 Å². The molecule has 0 aliphatic rings. The van der Waals surface area contributed by atoms with E-state index in [4.69, 9.17) is 11.0 Å². The van der Waals surface area contributed by atoms with Gasteiger partial charge in [-0.15, -0.1) is 0 Å². The first-order valence-electron chi connectivity index (χ1n) is 4.28. The summed E-state index contributed by atoms with van der Waals surface area (Å²) in [5.41, 5.74) is 8.14. The number of rotatable bonds is 2. The number of allylic oxidation sites excluding steroid dienone is 3. The molecule has 0 atom stereocenters. The van der Waals surface area contributed by atoms with E-state index < -0.39 is 0 Å². The van der Waals surface area contributed by atoms with Gasteiger partial charge >= 0.3 is 0 Å². The average Bonchev–Trinajstić information content (AvgIpc) is 2.19. The molecule has 2 N–H and O–H groups in total. The van der Waals surface area contributed by atoms with Crippen LogP contribution in [-0.4, -0.2) is 0 Å². The van der Waals surface area contributed by atoms with Crippen molar-refractivity contribution >= 4 is 5.57 Å². The molecule has 0 fully saturated rings. The zero-order chi connectivity index (χ0) is 10.6. The Kier molecular flexibility index (Phi) is 3.09. The van der Waals surface area contributed by atoms with Crippen LogP contribution in [0.4, 0.5) is 0 Å². The molecule has 1 aromatic rings. The van der Waals surface area contributed by atoms with E-state index in [1.807, 2.05) is 30.3 Å². The van der Waals surface area contributed by atoms with Crippen LogP contribution >= 0.6 is 0 Å². The van der Waals surface area contributed by atoms with Crippen LogP contribution in [0.1, 0.15) is 12.5 Å². The van der Waals surface area contributed by atoms with Crippen LogP contribution in [0.3, 0.4) is 0 Å². The fourth-order valence-corrected chi connectivity index (χ4v) is 1.18. The van der Waals surface area contributed by atoms with Crippen molar-refractivity contribution < 1.29 is 0 Å². The van der Waals surface area contributed by atoms with E-state index in [1.165, 1.54) is 0 Å². The van der Waals surface area contributed by atoms with E-state index in [0.717, 1.165) is 5.56 Å². The summed E-state index contributed by atoms with van der Waals surface area (Å²) in [6, 6.07) is 11.6. The van der Waals surface area contributed by atoms with Gasteiger partial charge in [-0.3, -0.25) is 0 Å². The van der Waals surface area contributed by atoms with Crippen molar-refractivity contribution in [2.75, 3.05) is 0 Å². The SMILES string of the molecule is C=C(/C(C#N)=C(/C)N)c1ccccc1. The van der Waals surface area contributed by atoms with Crippen LogP contribution in [0.25, 0.3) is 5.57 Å². The molecule has 0 spiro atoms. The molecule has 0 aliphatic carbocycles. The van der Waals surface area contributed by atoms with Crippen molar-refractivity contribution in [1.29, 1.82) is 5.26 Å². The molecular weight excluding hydrogens is 172 g/mol. The normalized spacial score (nSPS) is 11.4. The van der Waals surface area contributed by atoms with E-state index >= 15 is 0 Å². The van der Waals surface area contributed by atoms with Crippen LogP contribution in [0, 0.1) is 11.3 Å². The number of nitrogens with two attached hydrogens (primary N) is 1. The van der Waals surface area contributed by atoms with Gasteiger partial charge in [0.2, 0.25) is 0 Å².